The van der Waals surface area contributed by atoms with Crippen LogP contribution >= 0.6 is 0 Å². The number of hydrogen-bond acceptors (Lipinski definition) is 2. The topological polar surface area (TPSA) is 54.4 Å². The lowest BCUT2D eigenvalue weighted by atomic mass is 9.87. The van der Waals surface area contributed by atoms with Crippen molar-refractivity contribution in [2.45, 2.75) is 19.3 Å². The Labute approximate surface area is 94.1 Å². The van der Waals surface area contributed by atoms with Crippen LogP contribution in [-0.2, 0) is 22.4 Å². The lowest BCUT2D eigenvalue weighted by molar-refractivity contribution is -0.144. The number of carbonyl (C=O) groups is 2. The number of fused-ring (bicyclic) bond motifs is 1. The predicted octanol–water partition coefficient (Wildman–Crippen LogP) is 1.69. The van der Waals surface area contributed by atoms with Gasteiger partial charge in [0.05, 0.1) is 5.92 Å². The molecule has 0 spiro atoms. The van der Waals surface area contributed by atoms with E-state index in [1.165, 1.54) is 11.1 Å². The van der Waals surface area contributed by atoms with Crippen molar-refractivity contribution in [3.63, 3.8) is 0 Å². The highest BCUT2D eigenvalue weighted by molar-refractivity contribution is 5.74. The van der Waals surface area contributed by atoms with Gasteiger partial charge in [-0.05, 0) is 29.9 Å². The van der Waals surface area contributed by atoms with Crippen molar-refractivity contribution in [1.29, 1.82) is 0 Å². The van der Waals surface area contributed by atoms with Crippen molar-refractivity contribution in [2.24, 2.45) is 11.8 Å². The molecule has 1 N–H and O–H groups in total. The average molecular weight is 218 g/mol. The molecule has 0 radical (unpaired) electrons. The van der Waals surface area contributed by atoms with Crippen LogP contribution in [0.15, 0.2) is 24.3 Å². The third-order valence-corrected chi connectivity index (χ3v) is 3.32. The molecule has 1 aromatic carbocycles. The largest absolute Gasteiger partial charge is 0.481 e. The van der Waals surface area contributed by atoms with Crippen LogP contribution in [0.3, 0.4) is 0 Å². The zero-order chi connectivity index (χ0) is 11.5. The van der Waals surface area contributed by atoms with Gasteiger partial charge in [0.2, 0.25) is 0 Å². The Kier molecular flexibility index (Phi) is 3.04. The molecule has 0 saturated heterocycles. The Morgan fingerprint density at radius 2 is 1.94 bits per heavy atom. The fourth-order valence-electron chi connectivity index (χ4n) is 2.48. The molecule has 3 nitrogen and oxygen atoms in total. The van der Waals surface area contributed by atoms with Gasteiger partial charge in [0.25, 0.3) is 0 Å². The van der Waals surface area contributed by atoms with Gasteiger partial charge in [0, 0.05) is 6.42 Å². The van der Waals surface area contributed by atoms with E-state index in [1.54, 1.807) is 0 Å². The highest BCUT2D eigenvalue weighted by Crippen LogP contribution is 2.32. The molecule has 3 heteroatoms. The van der Waals surface area contributed by atoms with Gasteiger partial charge in [-0.15, -0.1) is 0 Å². The number of benzene rings is 1. The average Bonchev–Trinajstić information content (AvgIpc) is 2.68. The maximum Gasteiger partial charge on any atom is 0.307 e. The normalized spacial score (nSPS) is 16.8. The molecule has 1 unspecified atom stereocenters. The smallest absolute Gasteiger partial charge is 0.307 e. The minimum Gasteiger partial charge on any atom is -0.481 e. The van der Waals surface area contributed by atoms with E-state index in [9.17, 15) is 9.59 Å². The molecule has 0 heterocycles. The lowest BCUT2D eigenvalue weighted by Crippen LogP contribution is -2.24. The van der Waals surface area contributed by atoms with Crippen molar-refractivity contribution < 1.29 is 14.7 Å². The summed E-state index contributed by atoms with van der Waals surface area (Å²) in [5, 5.41) is 9.08. The van der Waals surface area contributed by atoms with Crippen molar-refractivity contribution in [2.75, 3.05) is 0 Å². The number of carbonyl (C=O) groups excluding carboxylic acids is 1. The summed E-state index contributed by atoms with van der Waals surface area (Å²) >= 11 is 0. The summed E-state index contributed by atoms with van der Waals surface area (Å²) in [4.78, 5) is 21.6. The summed E-state index contributed by atoms with van der Waals surface area (Å²) in [6, 6.07) is 8.01. The summed E-state index contributed by atoms with van der Waals surface area (Å²) in [6.45, 7) is 0. The molecular formula is C13H14O3. The quantitative estimate of drug-likeness (QED) is 0.782. The van der Waals surface area contributed by atoms with Gasteiger partial charge in [-0.1, -0.05) is 24.3 Å². The second-order valence-corrected chi connectivity index (χ2v) is 4.28. The number of rotatable bonds is 4. The molecule has 0 aliphatic heterocycles. The fourth-order valence-corrected chi connectivity index (χ4v) is 2.48. The number of aliphatic carboxylic acids is 1. The van der Waals surface area contributed by atoms with Gasteiger partial charge in [-0.2, -0.15) is 0 Å². The standard InChI is InChI=1S/C13H14O3/c14-6-5-12(13(15)16)11-7-9-3-1-2-4-10(9)8-11/h1-4,6,11-12H,5,7-8H2,(H,15,16). The van der Waals surface area contributed by atoms with Crippen LogP contribution in [0.5, 0.6) is 0 Å². The summed E-state index contributed by atoms with van der Waals surface area (Å²) in [7, 11) is 0. The molecule has 2 rings (SSSR count). The molecule has 0 saturated carbocycles. The monoisotopic (exact) mass is 218 g/mol. The third kappa shape index (κ3) is 1.98. The van der Waals surface area contributed by atoms with E-state index in [0.29, 0.717) is 6.29 Å². The van der Waals surface area contributed by atoms with E-state index in [1.807, 2.05) is 24.3 Å². The van der Waals surface area contributed by atoms with Crippen LogP contribution in [-0.4, -0.2) is 17.4 Å². The van der Waals surface area contributed by atoms with Gasteiger partial charge in [-0.3, -0.25) is 4.79 Å². The van der Waals surface area contributed by atoms with E-state index in [0.717, 1.165) is 12.8 Å². The Bertz CT molecular complexity index is 386. The highest BCUT2D eigenvalue weighted by Gasteiger charge is 2.32. The van der Waals surface area contributed by atoms with Gasteiger partial charge in [0.1, 0.15) is 6.29 Å². The van der Waals surface area contributed by atoms with Crippen molar-refractivity contribution in [3.8, 4) is 0 Å². The first-order chi connectivity index (χ1) is 7.72. The number of hydrogen-bond donors (Lipinski definition) is 1. The summed E-state index contributed by atoms with van der Waals surface area (Å²) < 4.78 is 0. The van der Waals surface area contributed by atoms with Crippen molar-refractivity contribution >= 4 is 12.3 Å². The lowest BCUT2D eigenvalue weighted by Gasteiger charge is -2.16. The maximum atomic E-state index is 11.1. The Hall–Kier alpha value is -1.64. The minimum absolute atomic E-state index is 0.0695. The van der Waals surface area contributed by atoms with Gasteiger partial charge in [0.15, 0.2) is 0 Å². The molecular weight excluding hydrogens is 204 g/mol. The molecule has 1 aliphatic carbocycles. The highest BCUT2D eigenvalue weighted by atomic mass is 16.4. The fraction of sp³-hybridized carbons (Fsp3) is 0.385. The molecule has 0 aromatic heterocycles. The predicted molar refractivity (Wildman–Crippen MR) is 59.1 cm³/mol. The van der Waals surface area contributed by atoms with Crippen molar-refractivity contribution in [3.05, 3.63) is 35.4 Å². The van der Waals surface area contributed by atoms with Crippen LogP contribution in [0, 0.1) is 11.8 Å². The SMILES string of the molecule is O=CCC(C(=O)O)C1Cc2ccccc2C1. The van der Waals surface area contributed by atoms with Gasteiger partial charge < -0.3 is 9.90 Å². The van der Waals surface area contributed by atoms with E-state index >= 15 is 0 Å². The Morgan fingerprint density at radius 1 is 1.38 bits per heavy atom. The molecule has 0 amide bonds. The van der Waals surface area contributed by atoms with Crippen LogP contribution < -0.4 is 0 Å². The number of carboxylic acids is 1. The summed E-state index contributed by atoms with van der Waals surface area (Å²) in [6.07, 6.45) is 2.39. The number of carboxylic acid groups (broad SMARTS) is 1. The molecule has 0 fully saturated rings. The first-order valence-electron chi connectivity index (χ1n) is 5.45. The zero-order valence-electron chi connectivity index (χ0n) is 8.93. The van der Waals surface area contributed by atoms with Crippen LogP contribution in [0.1, 0.15) is 17.5 Å². The molecule has 1 aromatic rings. The van der Waals surface area contributed by atoms with E-state index in [4.69, 9.17) is 5.11 Å². The third-order valence-electron chi connectivity index (χ3n) is 3.32. The maximum absolute atomic E-state index is 11.1. The molecule has 1 atom stereocenters. The van der Waals surface area contributed by atoms with E-state index in [-0.39, 0.29) is 12.3 Å². The molecule has 16 heavy (non-hydrogen) atoms. The minimum atomic E-state index is -0.857. The number of aldehydes is 1. The van der Waals surface area contributed by atoms with Gasteiger partial charge >= 0.3 is 5.97 Å². The summed E-state index contributed by atoms with van der Waals surface area (Å²) in [5.41, 5.74) is 2.45. The molecule has 0 bridgehead atoms. The summed E-state index contributed by atoms with van der Waals surface area (Å²) in [5.74, 6) is -1.32. The van der Waals surface area contributed by atoms with Crippen molar-refractivity contribution in [1.82, 2.24) is 0 Å². The van der Waals surface area contributed by atoms with Crippen LogP contribution in [0.2, 0.25) is 0 Å². The second kappa shape index (κ2) is 4.47. The Morgan fingerprint density at radius 3 is 2.38 bits per heavy atom. The van der Waals surface area contributed by atoms with E-state index < -0.39 is 11.9 Å². The Balaban J connectivity index is 2.15. The zero-order valence-corrected chi connectivity index (χ0v) is 8.93. The molecule has 1 aliphatic rings. The van der Waals surface area contributed by atoms with Crippen LogP contribution in [0.25, 0.3) is 0 Å². The van der Waals surface area contributed by atoms with Crippen LogP contribution in [0.4, 0.5) is 0 Å². The second-order valence-electron chi connectivity index (χ2n) is 4.28. The first-order valence-corrected chi connectivity index (χ1v) is 5.45. The molecule has 84 valence electrons. The van der Waals surface area contributed by atoms with Gasteiger partial charge in [-0.25, -0.2) is 0 Å². The van der Waals surface area contributed by atoms with E-state index in [2.05, 4.69) is 0 Å². The first kappa shape index (κ1) is 10.9.